The number of fused-ring (bicyclic) bond motifs is 6. The van der Waals surface area contributed by atoms with Gasteiger partial charge in [-0.3, -0.25) is 0 Å². The Morgan fingerprint density at radius 3 is 1.07 bits per heavy atom. The lowest BCUT2D eigenvalue weighted by Crippen LogP contribution is -1.92. The summed E-state index contributed by atoms with van der Waals surface area (Å²) in [6.45, 7) is 0. The highest BCUT2D eigenvalue weighted by Crippen LogP contribution is 2.45. The molecule has 0 aromatic heterocycles. The summed E-state index contributed by atoms with van der Waals surface area (Å²) >= 11 is 0. The van der Waals surface area contributed by atoms with E-state index in [2.05, 4.69) is 231 Å². The fourth-order valence-electron chi connectivity index (χ4n) is 9.58. The van der Waals surface area contributed by atoms with E-state index in [-0.39, 0.29) is 0 Å². The molecular weight excluding hydrogens is 721 g/mol. The number of benzene rings is 12. The van der Waals surface area contributed by atoms with E-state index in [1.165, 1.54) is 120 Å². The van der Waals surface area contributed by atoms with Crippen LogP contribution in [0.1, 0.15) is 0 Å². The minimum absolute atomic E-state index is 1.21. The Morgan fingerprint density at radius 1 is 0.167 bits per heavy atom. The summed E-state index contributed by atoms with van der Waals surface area (Å²) in [6, 6.07) is 85.5. The van der Waals surface area contributed by atoms with Crippen molar-refractivity contribution in [3.8, 4) is 55.6 Å². The van der Waals surface area contributed by atoms with Gasteiger partial charge in [-0.05, 0) is 151 Å². The molecule has 0 fully saturated rings. The Bertz CT molecular complexity index is 3560. The first-order valence-corrected chi connectivity index (χ1v) is 20.8. The molecule has 0 heterocycles. The maximum Gasteiger partial charge on any atom is -0.00206 e. The van der Waals surface area contributed by atoms with Crippen LogP contribution in [0.15, 0.2) is 231 Å². The average Bonchev–Trinajstić information content (AvgIpc) is 3.32. The molecule has 12 aromatic rings. The van der Waals surface area contributed by atoms with Gasteiger partial charge in [-0.2, -0.15) is 0 Å². The van der Waals surface area contributed by atoms with Gasteiger partial charge in [0.25, 0.3) is 0 Å². The van der Waals surface area contributed by atoms with Crippen LogP contribution in [-0.4, -0.2) is 0 Å². The molecule has 0 aliphatic heterocycles. The van der Waals surface area contributed by atoms with Crippen molar-refractivity contribution in [2.45, 2.75) is 0 Å². The summed E-state index contributed by atoms with van der Waals surface area (Å²) in [5.41, 5.74) is 12.2. The Hall–Kier alpha value is -7.80. The van der Waals surface area contributed by atoms with Gasteiger partial charge in [0.1, 0.15) is 0 Å². The van der Waals surface area contributed by atoms with Gasteiger partial charge in [-0.25, -0.2) is 0 Å². The first-order chi connectivity index (χ1) is 29.7. The second kappa shape index (κ2) is 13.9. The highest BCUT2D eigenvalue weighted by atomic mass is 14.2. The first kappa shape index (κ1) is 34.3. The molecule has 0 spiro atoms. The van der Waals surface area contributed by atoms with E-state index in [9.17, 15) is 0 Å². The van der Waals surface area contributed by atoms with Crippen LogP contribution < -0.4 is 0 Å². The minimum Gasteiger partial charge on any atom is -0.0616 e. The fourth-order valence-corrected chi connectivity index (χ4v) is 9.58. The molecule has 0 radical (unpaired) electrons. The Kier molecular flexibility index (Phi) is 7.96. The van der Waals surface area contributed by atoms with Gasteiger partial charge < -0.3 is 0 Å². The van der Waals surface area contributed by atoms with Crippen molar-refractivity contribution >= 4 is 64.6 Å². The van der Waals surface area contributed by atoms with Crippen molar-refractivity contribution in [3.05, 3.63) is 231 Å². The smallest absolute Gasteiger partial charge is 0.00206 e. The zero-order valence-corrected chi connectivity index (χ0v) is 32.9. The highest BCUT2D eigenvalue weighted by Gasteiger charge is 2.18. The van der Waals surface area contributed by atoms with Crippen LogP contribution in [0, 0.1) is 0 Å². The molecule has 12 rings (SSSR count). The number of rotatable bonds is 5. The predicted octanol–water partition coefficient (Wildman–Crippen LogP) is 16.9. The third-order valence-electron chi connectivity index (χ3n) is 12.6. The third kappa shape index (κ3) is 5.76. The van der Waals surface area contributed by atoms with E-state index < -0.39 is 0 Å². The molecule has 0 aliphatic rings. The van der Waals surface area contributed by atoms with Gasteiger partial charge in [-0.15, -0.1) is 0 Å². The van der Waals surface area contributed by atoms with Crippen LogP contribution in [0.4, 0.5) is 0 Å². The van der Waals surface area contributed by atoms with E-state index in [0.717, 1.165) is 0 Å². The largest absolute Gasteiger partial charge is 0.0616 e. The number of hydrogen-bond acceptors (Lipinski definition) is 0. The molecular formula is C60H38. The van der Waals surface area contributed by atoms with Gasteiger partial charge in [0.2, 0.25) is 0 Å². The van der Waals surface area contributed by atoms with Crippen molar-refractivity contribution in [2.75, 3.05) is 0 Å². The van der Waals surface area contributed by atoms with Gasteiger partial charge >= 0.3 is 0 Å². The van der Waals surface area contributed by atoms with E-state index in [1.807, 2.05) is 0 Å². The van der Waals surface area contributed by atoms with Crippen LogP contribution in [0.5, 0.6) is 0 Å². The molecule has 0 amide bonds. The fraction of sp³-hybridized carbons (Fsp3) is 0. The zero-order chi connectivity index (χ0) is 39.6. The summed E-state index contributed by atoms with van der Waals surface area (Å²) in [5, 5.41) is 15.0. The normalized spacial score (nSPS) is 11.7. The quantitative estimate of drug-likeness (QED) is 0.164. The lowest BCUT2D eigenvalue weighted by molar-refractivity contribution is 1.62. The molecule has 0 N–H and O–H groups in total. The number of hydrogen-bond donors (Lipinski definition) is 0. The lowest BCUT2D eigenvalue weighted by atomic mass is 9.84. The van der Waals surface area contributed by atoms with Crippen molar-refractivity contribution in [1.29, 1.82) is 0 Å². The van der Waals surface area contributed by atoms with Crippen LogP contribution in [0.3, 0.4) is 0 Å². The Morgan fingerprint density at radius 2 is 0.533 bits per heavy atom. The van der Waals surface area contributed by atoms with Crippen LogP contribution >= 0.6 is 0 Å². The zero-order valence-electron chi connectivity index (χ0n) is 32.9. The molecule has 0 saturated carbocycles. The minimum atomic E-state index is 1.21. The van der Waals surface area contributed by atoms with Crippen LogP contribution in [0.25, 0.3) is 120 Å². The van der Waals surface area contributed by atoms with Crippen molar-refractivity contribution in [3.63, 3.8) is 0 Å². The molecule has 0 bridgehead atoms. The molecule has 0 saturated heterocycles. The Balaban J connectivity index is 1.13. The first-order valence-electron chi connectivity index (χ1n) is 20.8. The van der Waals surface area contributed by atoms with Crippen molar-refractivity contribution < 1.29 is 0 Å². The molecule has 0 heteroatoms. The van der Waals surface area contributed by atoms with Gasteiger partial charge in [0.05, 0.1) is 0 Å². The van der Waals surface area contributed by atoms with E-state index in [0.29, 0.717) is 0 Å². The van der Waals surface area contributed by atoms with Crippen molar-refractivity contribution in [1.82, 2.24) is 0 Å². The maximum absolute atomic E-state index is 2.43. The lowest BCUT2D eigenvalue weighted by Gasteiger charge is -2.19. The summed E-state index contributed by atoms with van der Waals surface area (Å²) < 4.78 is 0. The monoisotopic (exact) mass is 758 g/mol. The van der Waals surface area contributed by atoms with E-state index in [4.69, 9.17) is 0 Å². The second-order valence-electron chi connectivity index (χ2n) is 16.1. The average molecular weight is 759 g/mol. The molecule has 60 heavy (non-hydrogen) atoms. The maximum atomic E-state index is 2.43. The van der Waals surface area contributed by atoms with Gasteiger partial charge in [-0.1, -0.05) is 200 Å². The van der Waals surface area contributed by atoms with E-state index in [1.54, 1.807) is 0 Å². The second-order valence-corrected chi connectivity index (χ2v) is 16.1. The van der Waals surface area contributed by atoms with Crippen LogP contribution in [0.2, 0.25) is 0 Å². The molecule has 0 nitrogen and oxygen atoms in total. The summed E-state index contributed by atoms with van der Waals surface area (Å²) in [5.74, 6) is 0. The van der Waals surface area contributed by atoms with E-state index >= 15 is 0 Å². The molecule has 0 atom stereocenters. The predicted molar refractivity (Wildman–Crippen MR) is 259 cm³/mol. The topological polar surface area (TPSA) is 0 Å². The van der Waals surface area contributed by atoms with Crippen LogP contribution in [-0.2, 0) is 0 Å². The summed E-state index contributed by atoms with van der Waals surface area (Å²) in [7, 11) is 0. The highest BCUT2D eigenvalue weighted by molar-refractivity contribution is 6.17. The SMILES string of the molecule is c1ccc2cc(-c3ccc4c(-c5ccc6ccccc6c5)ccc(-c5ccc(-c6ccc7ccccc7c6)c6c(-c7ccc8ccccc8c7)cccc56)c4c3)ccc2c1. The molecule has 278 valence electrons. The molecule has 12 aromatic carbocycles. The van der Waals surface area contributed by atoms with Gasteiger partial charge in [0.15, 0.2) is 0 Å². The molecule has 0 unspecified atom stereocenters. The summed E-state index contributed by atoms with van der Waals surface area (Å²) in [4.78, 5) is 0. The Labute approximate surface area is 349 Å². The standard InChI is InChI=1S/C60H38/c1-5-14-43-34-47(24-20-39(43)10-1)48-28-29-55-52(49-25-21-40-11-2-6-15-44(40)35-49)30-32-57(59(55)38-48)56-33-31-54(51-27-23-42-13-4-8-17-46(42)37-51)60-53(18-9-19-58(56)60)50-26-22-41-12-3-7-16-45(41)36-50/h1-38H. The third-order valence-corrected chi connectivity index (χ3v) is 12.6. The van der Waals surface area contributed by atoms with Crippen molar-refractivity contribution in [2.24, 2.45) is 0 Å². The van der Waals surface area contributed by atoms with Gasteiger partial charge in [0, 0.05) is 0 Å². The summed E-state index contributed by atoms with van der Waals surface area (Å²) in [6.07, 6.45) is 0. The molecule has 0 aliphatic carbocycles.